The maximum Gasteiger partial charge on any atom is 0.239 e. The van der Waals surface area contributed by atoms with Crippen molar-refractivity contribution in [3.8, 4) is 0 Å². The van der Waals surface area contributed by atoms with Gasteiger partial charge in [-0.25, -0.2) is 8.42 Å². The summed E-state index contributed by atoms with van der Waals surface area (Å²) in [6.07, 6.45) is 3.14. The number of hydrogen-bond donors (Lipinski definition) is 1. The molecule has 1 spiro atoms. The topological polar surface area (TPSA) is 83.7 Å². The van der Waals surface area contributed by atoms with Crippen LogP contribution in [-0.2, 0) is 26.7 Å². The summed E-state index contributed by atoms with van der Waals surface area (Å²) in [7, 11) is -3.35. The highest BCUT2D eigenvalue weighted by Gasteiger charge is 2.47. The molecular formula is C22H27Cl2N3O3S. The number of rotatable bonds is 4. The fourth-order valence-electron chi connectivity index (χ4n) is 4.66. The van der Waals surface area contributed by atoms with Crippen LogP contribution in [0.2, 0.25) is 5.02 Å². The van der Waals surface area contributed by atoms with Crippen LogP contribution in [0.1, 0.15) is 24.0 Å². The lowest BCUT2D eigenvalue weighted by atomic mass is 9.74. The standard InChI is InChI=1S/C22H26ClN3O3S.ClH/c1-30(28,29)26-15-22(18-4-2-3-5-20(18)26)10-12-25(13-11-22)21(27)19(24)14-16-6-8-17(23)9-7-16;/h2-9,19H,10-15,24H2,1H3;1H. The van der Waals surface area contributed by atoms with Crippen molar-refractivity contribution < 1.29 is 13.2 Å². The third-order valence-electron chi connectivity index (χ3n) is 6.31. The molecule has 4 rings (SSSR count). The van der Waals surface area contributed by atoms with Crippen LogP contribution in [0.5, 0.6) is 0 Å². The molecule has 1 amide bonds. The monoisotopic (exact) mass is 483 g/mol. The lowest BCUT2D eigenvalue weighted by molar-refractivity contribution is -0.134. The highest BCUT2D eigenvalue weighted by atomic mass is 35.5. The van der Waals surface area contributed by atoms with Crippen molar-refractivity contribution in [1.82, 2.24) is 4.90 Å². The number of fused-ring (bicyclic) bond motifs is 2. The van der Waals surface area contributed by atoms with Crippen molar-refractivity contribution in [3.05, 3.63) is 64.7 Å². The number of halogens is 2. The van der Waals surface area contributed by atoms with E-state index in [9.17, 15) is 13.2 Å². The quantitative estimate of drug-likeness (QED) is 0.724. The average molecular weight is 484 g/mol. The molecule has 1 unspecified atom stereocenters. The highest BCUT2D eigenvalue weighted by molar-refractivity contribution is 7.92. The molecule has 31 heavy (non-hydrogen) atoms. The van der Waals surface area contributed by atoms with Crippen LogP contribution in [0.3, 0.4) is 0 Å². The van der Waals surface area contributed by atoms with Gasteiger partial charge in [-0.1, -0.05) is 41.9 Å². The molecule has 2 aliphatic rings. The fraction of sp³-hybridized carbons (Fsp3) is 0.409. The Hall–Kier alpha value is -1.80. The van der Waals surface area contributed by atoms with Crippen LogP contribution in [-0.4, -0.2) is 51.2 Å². The first-order valence-electron chi connectivity index (χ1n) is 10.1. The molecule has 0 saturated carbocycles. The van der Waals surface area contributed by atoms with Gasteiger partial charge in [0.05, 0.1) is 18.0 Å². The predicted molar refractivity (Wildman–Crippen MR) is 127 cm³/mol. The summed E-state index contributed by atoms with van der Waals surface area (Å²) in [4.78, 5) is 14.7. The highest BCUT2D eigenvalue weighted by Crippen LogP contribution is 2.47. The van der Waals surface area contributed by atoms with Crippen LogP contribution in [0.25, 0.3) is 0 Å². The summed E-state index contributed by atoms with van der Waals surface area (Å²) in [5.74, 6) is -0.0638. The number of piperidine rings is 1. The first kappa shape index (κ1) is 23.9. The molecule has 0 aromatic heterocycles. The van der Waals surface area contributed by atoms with Gasteiger partial charge >= 0.3 is 0 Å². The number of anilines is 1. The van der Waals surface area contributed by atoms with Gasteiger partial charge in [0.1, 0.15) is 0 Å². The maximum absolute atomic E-state index is 12.9. The van der Waals surface area contributed by atoms with E-state index >= 15 is 0 Å². The molecule has 1 saturated heterocycles. The zero-order chi connectivity index (χ0) is 21.5. The van der Waals surface area contributed by atoms with Gasteiger partial charge in [-0.2, -0.15) is 0 Å². The van der Waals surface area contributed by atoms with Crippen LogP contribution < -0.4 is 10.0 Å². The van der Waals surface area contributed by atoms with Gasteiger partial charge in [0.15, 0.2) is 0 Å². The molecule has 2 N–H and O–H groups in total. The average Bonchev–Trinajstić information content (AvgIpc) is 3.05. The minimum atomic E-state index is -3.35. The van der Waals surface area contributed by atoms with Crippen LogP contribution >= 0.6 is 24.0 Å². The fourth-order valence-corrected chi connectivity index (χ4v) is 5.78. The van der Waals surface area contributed by atoms with Gasteiger partial charge in [0.2, 0.25) is 15.9 Å². The smallest absolute Gasteiger partial charge is 0.239 e. The Balaban J connectivity index is 0.00000272. The van der Waals surface area contributed by atoms with Gasteiger partial charge in [0, 0.05) is 30.1 Å². The maximum atomic E-state index is 12.9. The minimum absolute atomic E-state index is 0. The Morgan fingerprint density at radius 1 is 1.13 bits per heavy atom. The largest absolute Gasteiger partial charge is 0.341 e. The Bertz CT molecular complexity index is 1050. The van der Waals surface area contributed by atoms with Crippen molar-refractivity contribution in [3.63, 3.8) is 0 Å². The summed E-state index contributed by atoms with van der Waals surface area (Å²) >= 11 is 5.92. The minimum Gasteiger partial charge on any atom is -0.341 e. The summed E-state index contributed by atoms with van der Waals surface area (Å²) in [5, 5.41) is 0.653. The van der Waals surface area contributed by atoms with Crippen molar-refractivity contribution in [1.29, 1.82) is 0 Å². The molecule has 2 aromatic carbocycles. The van der Waals surface area contributed by atoms with Crippen LogP contribution in [0, 0.1) is 0 Å². The number of nitrogens with zero attached hydrogens (tertiary/aromatic N) is 2. The molecule has 1 fully saturated rings. The molecule has 2 aromatic rings. The molecule has 9 heteroatoms. The van der Waals surface area contributed by atoms with E-state index in [1.807, 2.05) is 41.3 Å². The first-order valence-corrected chi connectivity index (χ1v) is 12.3. The number of sulfonamides is 1. The van der Waals surface area contributed by atoms with Gasteiger partial charge in [-0.3, -0.25) is 9.10 Å². The van der Waals surface area contributed by atoms with Crippen molar-refractivity contribution >= 4 is 45.6 Å². The number of carbonyl (C=O) groups is 1. The summed E-state index contributed by atoms with van der Waals surface area (Å²) in [6.45, 7) is 1.57. The number of likely N-dealkylation sites (tertiary alicyclic amines) is 1. The molecular weight excluding hydrogens is 457 g/mol. The van der Waals surface area contributed by atoms with Crippen molar-refractivity contribution in [2.75, 3.05) is 30.2 Å². The van der Waals surface area contributed by atoms with Crippen LogP contribution in [0.4, 0.5) is 5.69 Å². The number of amides is 1. The van der Waals surface area contributed by atoms with E-state index in [-0.39, 0.29) is 23.7 Å². The Morgan fingerprint density at radius 3 is 2.35 bits per heavy atom. The van der Waals surface area contributed by atoms with Gasteiger partial charge in [-0.15, -0.1) is 12.4 Å². The Labute approximate surface area is 194 Å². The summed E-state index contributed by atoms with van der Waals surface area (Å²) in [6, 6.07) is 14.5. The molecule has 2 heterocycles. The zero-order valence-corrected chi connectivity index (χ0v) is 19.7. The van der Waals surface area contributed by atoms with E-state index in [1.165, 1.54) is 10.6 Å². The number of benzene rings is 2. The normalized spacial score (nSPS) is 18.4. The van der Waals surface area contributed by atoms with Gasteiger partial charge < -0.3 is 10.6 Å². The lowest BCUT2D eigenvalue weighted by Gasteiger charge is -2.40. The third kappa shape index (κ3) is 4.70. The SMILES string of the molecule is CS(=O)(=O)N1CC2(CCN(C(=O)C(N)Cc3ccc(Cl)cc3)CC2)c2ccccc21.Cl. The Morgan fingerprint density at radius 2 is 1.74 bits per heavy atom. The van der Waals surface area contributed by atoms with E-state index in [1.54, 1.807) is 12.1 Å². The second kappa shape index (κ2) is 8.98. The van der Waals surface area contributed by atoms with E-state index in [4.69, 9.17) is 17.3 Å². The van der Waals surface area contributed by atoms with Crippen molar-refractivity contribution in [2.45, 2.75) is 30.7 Å². The molecule has 0 radical (unpaired) electrons. The lowest BCUT2D eigenvalue weighted by Crippen LogP contribution is -2.52. The van der Waals surface area contributed by atoms with Gasteiger partial charge in [-0.05, 0) is 48.6 Å². The van der Waals surface area contributed by atoms with E-state index in [0.29, 0.717) is 31.1 Å². The number of carbonyl (C=O) groups excluding carboxylic acids is 1. The van der Waals surface area contributed by atoms with E-state index in [2.05, 4.69) is 0 Å². The molecule has 6 nitrogen and oxygen atoms in total. The molecule has 168 valence electrons. The number of hydrogen-bond acceptors (Lipinski definition) is 4. The van der Waals surface area contributed by atoms with Crippen LogP contribution in [0.15, 0.2) is 48.5 Å². The molecule has 2 aliphatic heterocycles. The molecule has 0 aliphatic carbocycles. The van der Waals surface area contributed by atoms with Gasteiger partial charge in [0.25, 0.3) is 0 Å². The zero-order valence-electron chi connectivity index (χ0n) is 17.3. The summed E-state index contributed by atoms with van der Waals surface area (Å²) in [5.41, 5.74) is 8.75. The number of para-hydroxylation sites is 1. The third-order valence-corrected chi connectivity index (χ3v) is 7.69. The second-order valence-corrected chi connectivity index (χ2v) is 10.7. The summed E-state index contributed by atoms with van der Waals surface area (Å²) < 4.78 is 26.1. The predicted octanol–water partition coefficient (Wildman–Crippen LogP) is 2.97. The van der Waals surface area contributed by atoms with Crippen molar-refractivity contribution in [2.24, 2.45) is 5.73 Å². The van der Waals surface area contributed by atoms with E-state index in [0.717, 1.165) is 29.7 Å². The Kier molecular flexibility index (Phi) is 6.91. The van der Waals surface area contributed by atoms with E-state index < -0.39 is 16.1 Å². The second-order valence-electron chi connectivity index (χ2n) is 8.33. The molecule has 1 atom stereocenters. The number of nitrogens with two attached hydrogens (primary N) is 1. The molecule has 0 bridgehead atoms. The first-order chi connectivity index (χ1) is 14.2.